The molecule has 1 aliphatic rings. The first-order valence-corrected chi connectivity index (χ1v) is 4.74. The molecule has 2 N–H and O–H groups in total. The number of hydrogen-bond acceptors (Lipinski definition) is 4. The molecule has 0 unspecified atom stereocenters. The molecule has 0 saturated heterocycles. The van der Waals surface area contributed by atoms with Crippen LogP contribution in [-0.4, -0.2) is 32.8 Å². The van der Waals surface area contributed by atoms with Crippen LogP contribution in [0.2, 0.25) is 0 Å². The summed E-state index contributed by atoms with van der Waals surface area (Å²) >= 11 is 0. The number of carboxylic acids is 1. The fraction of sp³-hybridized carbons (Fsp3) is 0.444. The molecule has 0 spiro atoms. The number of aromatic nitrogens is 2. The molecule has 0 aliphatic heterocycles. The minimum Gasteiger partial charge on any atom is -0.476 e. The highest BCUT2D eigenvalue weighted by atomic mass is 19.4. The molecule has 1 fully saturated rings. The molecule has 17 heavy (non-hydrogen) atoms. The van der Waals surface area contributed by atoms with Gasteiger partial charge in [0.2, 0.25) is 0 Å². The van der Waals surface area contributed by atoms with Crippen LogP contribution >= 0.6 is 0 Å². The Balaban J connectivity index is 2.20. The van der Waals surface area contributed by atoms with Crippen molar-refractivity contribution < 1.29 is 23.1 Å². The maximum Gasteiger partial charge on any atom is 0.411 e. The number of halogens is 3. The molecule has 1 aliphatic carbocycles. The van der Waals surface area contributed by atoms with E-state index in [1.165, 1.54) is 0 Å². The van der Waals surface area contributed by atoms with E-state index in [0.29, 0.717) is 0 Å². The Morgan fingerprint density at radius 2 is 2.06 bits per heavy atom. The fourth-order valence-electron chi connectivity index (χ4n) is 1.38. The quantitative estimate of drug-likeness (QED) is 0.849. The third kappa shape index (κ3) is 2.15. The number of nitrogens with zero attached hydrogens (tertiary/aromatic N) is 2. The van der Waals surface area contributed by atoms with Crippen LogP contribution in [0.4, 0.5) is 19.0 Å². The standard InChI is InChI=1S/C9H8F3N3O2/c10-9(11,12)8(1-2-8)15-6-4-13-3-5(14-6)7(16)17/h3-4H,1-2H2,(H,14,15)(H,16,17). The lowest BCUT2D eigenvalue weighted by molar-refractivity contribution is -0.151. The van der Waals surface area contributed by atoms with E-state index >= 15 is 0 Å². The lowest BCUT2D eigenvalue weighted by atomic mass is 10.2. The molecule has 8 heteroatoms. The maximum atomic E-state index is 12.6. The normalized spacial score (nSPS) is 17.6. The Labute approximate surface area is 93.7 Å². The first-order valence-electron chi connectivity index (χ1n) is 4.74. The van der Waals surface area contributed by atoms with Crippen molar-refractivity contribution in [3.05, 3.63) is 18.1 Å². The summed E-state index contributed by atoms with van der Waals surface area (Å²) in [6.45, 7) is 0. The molecule has 1 aromatic heterocycles. The van der Waals surface area contributed by atoms with Crippen LogP contribution in [0, 0.1) is 0 Å². The van der Waals surface area contributed by atoms with Gasteiger partial charge in [-0.15, -0.1) is 0 Å². The highest BCUT2D eigenvalue weighted by molar-refractivity contribution is 5.85. The molecule has 0 amide bonds. The molecule has 0 radical (unpaired) electrons. The second-order valence-electron chi connectivity index (χ2n) is 3.80. The minimum atomic E-state index is -4.38. The predicted octanol–water partition coefficient (Wildman–Crippen LogP) is 1.68. The number of alkyl halides is 3. The van der Waals surface area contributed by atoms with E-state index in [4.69, 9.17) is 5.11 Å². The lowest BCUT2D eigenvalue weighted by Crippen LogP contribution is -2.39. The summed E-state index contributed by atoms with van der Waals surface area (Å²) in [5, 5.41) is 10.8. The van der Waals surface area contributed by atoms with Crippen LogP contribution in [0.5, 0.6) is 0 Å². The molecule has 1 aromatic rings. The van der Waals surface area contributed by atoms with E-state index in [2.05, 4.69) is 15.3 Å². The predicted molar refractivity (Wildman–Crippen MR) is 50.6 cm³/mol. The van der Waals surface area contributed by atoms with Crippen molar-refractivity contribution in [2.24, 2.45) is 0 Å². The third-order valence-corrected chi connectivity index (χ3v) is 2.51. The van der Waals surface area contributed by atoms with E-state index in [0.717, 1.165) is 12.4 Å². The third-order valence-electron chi connectivity index (χ3n) is 2.51. The number of aromatic carboxylic acids is 1. The smallest absolute Gasteiger partial charge is 0.411 e. The number of carbonyl (C=O) groups is 1. The number of carboxylic acid groups (broad SMARTS) is 1. The number of hydrogen-bond donors (Lipinski definition) is 2. The van der Waals surface area contributed by atoms with Crippen molar-refractivity contribution >= 4 is 11.8 Å². The summed E-state index contributed by atoms with van der Waals surface area (Å²) in [7, 11) is 0. The number of anilines is 1. The van der Waals surface area contributed by atoms with Gasteiger partial charge < -0.3 is 10.4 Å². The Hall–Kier alpha value is -1.86. The first-order chi connectivity index (χ1) is 7.84. The zero-order valence-corrected chi connectivity index (χ0v) is 8.45. The van der Waals surface area contributed by atoms with Crippen molar-refractivity contribution in [3.8, 4) is 0 Å². The van der Waals surface area contributed by atoms with Gasteiger partial charge in [0, 0.05) is 0 Å². The van der Waals surface area contributed by atoms with E-state index in [1.54, 1.807) is 0 Å². The largest absolute Gasteiger partial charge is 0.476 e. The molecular formula is C9H8F3N3O2. The Morgan fingerprint density at radius 3 is 2.53 bits per heavy atom. The molecule has 0 bridgehead atoms. The Morgan fingerprint density at radius 1 is 1.41 bits per heavy atom. The number of rotatable bonds is 3. The van der Waals surface area contributed by atoms with Gasteiger partial charge in [0.05, 0.1) is 12.4 Å². The van der Waals surface area contributed by atoms with Gasteiger partial charge in [-0.2, -0.15) is 13.2 Å². The zero-order chi connectivity index (χ0) is 12.7. The highest BCUT2D eigenvalue weighted by Gasteiger charge is 2.63. The van der Waals surface area contributed by atoms with Gasteiger partial charge in [-0.25, -0.2) is 9.78 Å². The summed E-state index contributed by atoms with van der Waals surface area (Å²) in [5.41, 5.74) is -2.37. The monoisotopic (exact) mass is 247 g/mol. The van der Waals surface area contributed by atoms with Gasteiger partial charge >= 0.3 is 12.1 Å². The second kappa shape index (κ2) is 3.57. The van der Waals surface area contributed by atoms with Crippen molar-refractivity contribution in [1.29, 1.82) is 0 Å². The van der Waals surface area contributed by atoms with E-state index in [9.17, 15) is 18.0 Å². The molecular weight excluding hydrogens is 239 g/mol. The summed E-state index contributed by atoms with van der Waals surface area (Å²) in [5.74, 6) is -1.52. The van der Waals surface area contributed by atoms with Crippen molar-refractivity contribution in [2.75, 3.05) is 5.32 Å². The van der Waals surface area contributed by atoms with Crippen molar-refractivity contribution in [3.63, 3.8) is 0 Å². The average Bonchev–Trinajstić information content (AvgIpc) is 2.98. The van der Waals surface area contributed by atoms with Gasteiger partial charge in [-0.05, 0) is 12.8 Å². The van der Waals surface area contributed by atoms with Crippen LogP contribution in [-0.2, 0) is 0 Å². The second-order valence-corrected chi connectivity index (χ2v) is 3.80. The zero-order valence-electron chi connectivity index (χ0n) is 8.45. The summed E-state index contributed by atoms with van der Waals surface area (Å²) < 4.78 is 37.8. The molecule has 5 nitrogen and oxygen atoms in total. The average molecular weight is 247 g/mol. The van der Waals surface area contributed by atoms with Crippen LogP contribution in [0.3, 0.4) is 0 Å². The van der Waals surface area contributed by atoms with Crippen LogP contribution in [0.1, 0.15) is 23.3 Å². The minimum absolute atomic E-state index is 0.0462. The van der Waals surface area contributed by atoms with Crippen LogP contribution < -0.4 is 5.32 Å². The fourth-order valence-corrected chi connectivity index (χ4v) is 1.38. The molecule has 0 aromatic carbocycles. The lowest BCUT2D eigenvalue weighted by Gasteiger charge is -2.20. The molecule has 92 valence electrons. The first kappa shape index (κ1) is 11.6. The van der Waals surface area contributed by atoms with Gasteiger partial charge in [0.15, 0.2) is 5.69 Å². The van der Waals surface area contributed by atoms with Crippen molar-refractivity contribution in [2.45, 2.75) is 24.6 Å². The van der Waals surface area contributed by atoms with Gasteiger partial charge in [-0.3, -0.25) is 4.98 Å². The molecule has 2 rings (SSSR count). The van der Waals surface area contributed by atoms with E-state index in [-0.39, 0.29) is 18.7 Å². The topological polar surface area (TPSA) is 75.1 Å². The summed E-state index contributed by atoms with van der Waals surface area (Å²) in [6.07, 6.45) is -2.43. The molecule has 0 atom stereocenters. The summed E-state index contributed by atoms with van der Waals surface area (Å²) in [6, 6.07) is 0. The Kier molecular flexibility index (Phi) is 2.44. The van der Waals surface area contributed by atoms with Gasteiger partial charge in [0.1, 0.15) is 11.4 Å². The van der Waals surface area contributed by atoms with Crippen LogP contribution in [0.15, 0.2) is 12.4 Å². The van der Waals surface area contributed by atoms with Crippen LogP contribution in [0.25, 0.3) is 0 Å². The van der Waals surface area contributed by atoms with Gasteiger partial charge in [0.25, 0.3) is 0 Å². The number of nitrogens with one attached hydrogen (secondary N) is 1. The highest BCUT2D eigenvalue weighted by Crippen LogP contribution is 2.50. The van der Waals surface area contributed by atoms with E-state index in [1.807, 2.05) is 0 Å². The molecule has 1 saturated carbocycles. The van der Waals surface area contributed by atoms with Crippen molar-refractivity contribution in [1.82, 2.24) is 9.97 Å². The molecule has 1 heterocycles. The SMILES string of the molecule is O=C(O)c1cncc(NC2(C(F)(F)F)CC2)n1. The van der Waals surface area contributed by atoms with Gasteiger partial charge in [-0.1, -0.05) is 0 Å². The van der Waals surface area contributed by atoms with E-state index < -0.39 is 23.4 Å². The maximum absolute atomic E-state index is 12.6. The summed E-state index contributed by atoms with van der Waals surface area (Å²) in [4.78, 5) is 17.6. The Bertz CT molecular complexity index is 457.